The lowest BCUT2D eigenvalue weighted by Crippen LogP contribution is -2.50. The van der Waals surface area contributed by atoms with Crippen LogP contribution in [0, 0.1) is 0 Å². The molecule has 1 atom stereocenters. The maximum atomic E-state index is 12.5. The number of nitrogens with zero attached hydrogens (tertiary/aromatic N) is 2. The molecule has 154 valence electrons. The summed E-state index contributed by atoms with van der Waals surface area (Å²) in [5.41, 5.74) is 2.06. The Balaban J connectivity index is 1.49. The first kappa shape index (κ1) is 21.1. The summed E-state index contributed by atoms with van der Waals surface area (Å²) >= 11 is 0. The number of hydrogen-bond donors (Lipinski definition) is 1. The first-order chi connectivity index (χ1) is 14.1. The maximum absolute atomic E-state index is 12.5. The monoisotopic (exact) mass is 394 g/mol. The van der Waals surface area contributed by atoms with E-state index in [4.69, 9.17) is 4.74 Å². The Morgan fingerprint density at radius 2 is 1.86 bits per heavy atom. The van der Waals surface area contributed by atoms with Crippen LogP contribution < -0.4 is 4.74 Å². The van der Waals surface area contributed by atoms with Gasteiger partial charge in [0.2, 0.25) is 5.91 Å². The van der Waals surface area contributed by atoms with Crippen molar-refractivity contribution < 1.29 is 14.6 Å². The first-order valence-corrected chi connectivity index (χ1v) is 10.3. The zero-order valence-electron chi connectivity index (χ0n) is 17.0. The molecule has 1 heterocycles. The lowest BCUT2D eigenvalue weighted by molar-refractivity contribution is -0.127. The van der Waals surface area contributed by atoms with Crippen LogP contribution in [0.15, 0.2) is 60.7 Å². The van der Waals surface area contributed by atoms with Crippen LogP contribution in [0.2, 0.25) is 0 Å². The summed E-state index contributed by atoms with van der Waals surface area (Å²) in [4.78, 5) is 16.6. The molecule has 0 aromatic heterocycles. The van der Waals surface area contributed by atoms with Gasteiger partial charge in [0, 0.05) is 38.8 Å². The molecule has 29 heavy (non-hydrogen) atoms. The van der Waals surface area contributed by atoms with Gasteiger partial charge in [-0.15, -0.1) is 0 Å². The Kier molecular flexibility index (Phi) is 7.85. The second kappa shape index (κ2) is 10.8. The summed E-state index contributed by atoms with van der Waals surface area (Å²) in [5, 5.41) is 9.78. The van der Waals surface area contributed by atoms with E-state index in [2.05, 4.69) is 4.90 Å². The molecule has 1 fully saturated rings. The van der Waals surface area contributed by atoms with E-state index < -0.39 is 0 Å². The fraction of sp³-hybridized carbons (Fsp3) is 0.375. The Morgan fingerprint density at radius 3 is 2.59 bits per heavy atom. The minimum atomic E-state index is -0.284. The van der Waals surface area contributed by atoms with E-state index in [0.717, 1.165) is 36.4 Å². The summed E-state index contributed by atoms with van der Waals surface area (Å²) in [6, 6.07) is 17.8. The van der Waals surface area contributed by atoms with E-state index >= 15 is 0 Å². The summed E-state index contributed by atoms with van der Waals surface area (Å²) in [6.07, 6.45) is 3.95. The van der Waals surface area contributed by atoms with Gasteiger partial charge in [-0.3, -0.25) is 9.69 Å². The molecule has 1 saturated heterocycles. The van der Waals surface area contributed by atoms with Crippen molar-refractivity contribution in [3.05, 3.63) is 71.8 Å². The number of β-amino-alcohol motifs (C(OH)–C–C–N with tert-alkyl or cyclic N) is 1. The Hall–Kier alpha value is -2.63. The largest absolute Gasteiger partial charge is 0.489 e. The lowest BCUT2D eigenvalue weighted by Gasteiger charge is -2.35. The average molecular weight is 395 g/mol. The molecular weight excluding hydrogens is 364 g/mol. The fourth-order valence-corrected chi connectivity index (χ4v) is 3.30. The van der Waals surface area contributed by atoms with Gasteiger partial charge in [0.15, 0.2) is 0 Å². The fourth-order valence-electron chi connectivity index (χ4n) is 3.30. The van der Waals surface area contributed by atoms with E-state index in [1.165, 1.54) is 0 Å². The lowest BCUT2D eigenvalue weighted by atomic mass is 10.2. The highest BCUT2D eigenvalue weighted by atomic mass is 16.5. The van der Waals surface area contributed by atoms with Crippen molar-refractivity contribution in [2.75, 3.05) is 32.7 Å². The highest BCUT2D eigenvalue weighted by molar-refractivity contribution is 5.91. The number of hydrogen-bond acceptors (Lipinski definition) is 4. The third-order valence-electron chi connectivity index (χ3n) is 5.15. The number of aliphatic hydroxyl groups excluding tert-OH is 1. The highest BCUT2D eigenvalue weighted by Crippen LogP contribution is 2.16. The van der Waals surface area contributed by atoms with Crippen molar-refractivity contribution in [2.45, 2.75) is 26.1 Å². The van der Waals surface area contributed by atoms with Crippen LogP contribution in [0.5, 0.6) is 5.75 Å². The number of rotatable bonds is 8. The molecule has 3 rings (SSSR count). The molecule has 2 aromatic rings. The molecule has 0 bridgehead atoms. The molecule has 5 nitrogen and oxygen atoms in total. The van der Waals surface area contributed by atoms with Gasteiger partial charge in [-0.25, -0.2) is 0 Å². The SMILES string of the molecule is CCC(O)CN1CCN(C(=O)/C=C/c2cccc(OCc3ccccc3)c2)CC1. The van der Waals surface area contributed by atoms with Gasteiger partial charge >= 0.3 is 0 Å². The van der Waals surface area contributed by atoms with Gasteiger partial charge in [-0.2, -0.15) is 0 Å². The molecule has 1 N–H and O–H groups in total. The number of carbonyl (C=O) groups excluding carboxylic acids is 1. The molecule has 0 aliphatic carbocycles. The quantitative estimate of drug-likeness (QED) is 0.699. The summed E-state index contributed by atoms with van der Waals surface area (Å²) in [6.45, 7) is 6.18. The molecule has 5 heteroatoms. The molecule has 1 amide bonds. The number of carbonyl (C=O) groups is 1. The third-order valence-corrected chi connectivity index (χ3v) is 5.15. The molecule has 1 unspecified atom stereocenters. The second-order valence-electron chi connectivity index (χ2n) is 7.37. The van der Waals surface area contributed by atoms with E-state index in [9.17, 15) is 9.90 Å². The van der Waals surface area contributed by atoms with Gasteiger partial charge in [0.05, 0.1) is 6.10 Å². The molecule has 0 radical (unpaired) electrons. The molecule has 2 aromatic carbocycles. The van der Waals surface area contributed by atoms with Crippen molar-refractivity contribution in [1.82, 2.24) is 9.80 Å². The van der Waals surface area contributed by atoms with E-state index in [1.807, 2.05) is 72.5 Å². The second-order valence-corrected chi connectivity index (χ2v) is 7.37. The van der Waals surface area contributed by atoms with Crippen LogP contribution in [0.25, 0.3) is 6.08 Å². The molecule has 1 aliphatic heterocycles. The van der Waals surface area contributed by atoms with Gasteiger partial charge in [0.1, 0.15) is 12.4 Å². The van der Waals surface area contributed by atoms with Crippen molar-refractivity contribution in [1.29, 1.82) is 0 Å². The van der Waals surface area contributed by atoms with E-state index in [1.54, 1.807) is 6.08 Å². The minimum absolute atomic E-state index is 0.0243. The van der Waals surface area contributed by atoms with Gasteiger partial charge in [-0.05, 0) is 35.8 Å². The molecular formula is C24H30N2O3. The normalized spacial score (nSPS) is 16.1. The Bertz CT molecular complexity index is 799. The number of amides is 1. The summed E-state index contributed by atoms with van der Waals surface area (Å²) in [5.74, 6) is 0.808. The zero-order valence-corrected chi connectivity index (χ0v) is 17.0. The smallest absolute Gasteiger partial charge is 0.246 e. The highest BCUT2D eigenvalue weighted by Gasteiger charge is 2.20. The van der Waals surface area contributed by atoms with Crippen molar-refractivity contribution in [2.24, 2.45) is 0 Å². The minimum Gasteiger partial charge on any atom is -0.489 e. The Morgan fingerprint density at radius 1 is 1.10 bits per heavy atom. The predicted octanol–water partition coefficient (Wildman–Crippen LogP) is 3.19. The topological polar surface area (TPSA) is 53.0 Å². The molecule has 0 spiro atoms. The number of benzene rings is 2. The maximum Gasteiger partial charge on any atom is 0.246 e. The van der Waals surface area contributed by atoms with Gasteiger partial charge < -0.3 is 14.7 Å². The Labute approximate surface area is 173 Å². The van der Waals surface area contributed by atoms with Crippen LogP contribution in [-0.2, 0) is 11.4 Å². The number of ether oxygens (including phenoxy) is 1. The van der Waals surface area contributed by atoms with Crippen LogP contribution in [0.1, 0.15) is 24.5 Å². The number of aliphatic hydroxyl groups is 1. The standard InChI is InChI=1S/C24H30N2O3/c1-2-22(27)18-25-13-15-26(16-14-25)24(28)12-11-20-9-6-10-23(17-20)29-19-21-7-4-3-5-8-21/h3-12,17,22,27H,2,13-16,18-19H2,1H3/b12-11+. The van der Waals surface area contributed by atoms with Crippen LogP contribution >= 0.6 is 0 Å². The molecule has 1 aliphatic rings. The van der Waals surface area contributed by atoms with E-state index in [-0.39, 0.29) is 12.0 Å². The summed E-state index contributed by atoms with van der Waals surface area (Å²) in [7, 11) is 0. The van der Waals surface area contributed by atoms with Crippen molar-refractivity contribution >= 4 is 12.0 Å². The van der Waals surface area contributed by atoms with Gasteiger partial charge in [-0.1, -0.05) is 49.4 Å². The molecule has 0 saturated carbocycles. The van der Waals surface area contributed by atoms with Gasteiger partial charge in [0.25, 0.3) is 0 Å². The predicted molar refractivity (Wildman–Crippen MR) is 116 cm³/mol. The first-order valence-electron chi connectivity index (χ1n) is 10.3. The van der Waals surface area contributed by atoms with Crippen LogP contribution in [-0.4, -0.2) is 59.6 Å². The third kappa shape index (κ3) is 6.73. The number of piperazine rings is 1. The van der Waals surface area contributed by atoms with E-state index in [0.29, 0.717) is 26.2 Å². The summed E-state index contributed by atoms with van der Waals surface area (Å²) < 4.78 is 5.85. The average Bonchev–Trinajstić information content (AvgIpc) is 2.77. The van der Waals surface area contributed by atoms with Crippen molar-refractivity contribution in [3.8, 4) is 5.75 Å². The zero-order chi connectivity index (χ0) is 20.5. The van der Waals surface area contributed by atoms with Crippen molar-refractivity contribution in [3.63, 3.8) is 0 Å². The van der Waals surface area contributed by atoms with Crippen LogP contribution in [0.4, 0.5) is 0 Å². The van der Waals surface area contributed by atoms with Crippen LogP contribution in [0.3, 0.4) is 0 Å².